The first-order valence-corrected chi connectivity index (χ1v) is 34.6. The molecule has 0 fully saturated rings. The van der Waals surface area contributed by atoms with E-state index in [0.29, 0.717) is 75.0 Å². The molecule has 23 nitrogen and oxygen atoms in total. The topological polar surface area (TPSA) is 306 Å². The van der Waals surface area contributed by atoms with E-state index < -0.39 is 12.2 Å². The molecule has 0 radical (unpaired) electrons. The average molecular weight is 1400 g/mol. The Morgan fingerprint density at radius 1 is 0.323 bits per heavy atom. The molecule has 0 aliphatic heterocycles. The van der Waals surface area contributed by atoms with Crippen molar-refractivity contribution in [1.82, 2.24) is 0 Å². The molecule has 0 spiro atoms. The lowest BCUT2D eigenvalue weighted by atomic mass is 9.95. The summed E-state index contributed by atoms with van der Waals surface area (Å²) in [6.07, 6.45) is 10.1. The number of carbonyl (C=O) groups is 5. The fourth-order valence-corrected chi connectivity index (χ4v) is 5.57. The van der Waals surface area contributed by atoms with Crippen molar-refractivity contribution in [2.75, 3.05) is 54.4 Å². The molecule has 0 aliphatic carbocycles. The molecule has 8 unspecified atom stereocenters. The molecule has 0 aromatic rings. The first-order valence-electron chi connectivity index (χ1n) is 34.6. The number of allylic oxidation sites excluding steroid dienone is 2. The van der Waals surface area contributed by atoms with Crippen LogP contribution in [0.3, 0.4) is 0 Å². The summed E-state index contributed by atoms with van der Waals surface area (Å²) in [5.41, 5.74) is 0. The highest BCUT2D eigenvalue weighted by Crippen LogP contribution is 2.16. The highest BCUT2D eigenvalue weighted by Gasteiger charge is 2.13. The zero-order chi connectivity index (χ0) is 77.5. The van der Waals surface area contributed by atoms with E-state index in [-0.39, 0.29) is 79.3 Å². The third-order valence-corrected chi connectivity index (χ3v) is 13.4. The van der Waals surface area contributed by atoms with Crippen LogP contribution in [0.25, 0.3) is 0 Å². The number of carbonyl (C=O) groups excluding carboxylic acids is 5. The molecule has 0 saturated heterocycles. The highest BCUT2D eigenvalue weighted by atomic mass is 17.2. The number of methoxy groups -OCH3 is 1. The summed E-state index contributed by atoms with van der Waals surface area (Å²) in [5.74, 6) is 5.43. The van der Waals surface area contributed by atoms with Crippen LogP contribution in [0.4, 0.5) is 0 Å². The molecular formula is C73H152O23. The van der Waals surface area contributed by atoms with Crippen LogP contribution in [0.5, 0.6) is 0 Å². The van der Waals surface area contributed by atoms with Crippen LogP contribution >= 0.6 is 0 Å². The van der Waals surface area contributed by atoms with Crippen LogP contribution in [0.15, 0.2) is 24.3 Å². The van der Waals surface area contributed by atoms with Gasteiger partial charge in [0.2, 0.25) is 0 Å². The van der Waals surface area contributed by atoms with Crippen LogP contribution in [0.1, 0.15) is 259 Å². The van der Waals surface area contributed by atoms with Gasteiger partial charge in [-0.3, -0.25) is 30.2 Å². The van der Waals surface area contributed by atoms with E-state index in [1.54, 1.807) is 88.9 Å². The van der Waals surface area contributed by atoms with Gasteiger partial charge in [-0.1, -0.05) is 116 Å². The van der Waals surface area contributed by atoms with E-state index in [1.807, 2.05) is 48.5 Å². The minimum atomic E-state index is -0.605. The Hall–Kier alpha value is -3.69. The third-order valence-electron chi connectivity index (χ3n) is 13.4. The summed E-state index contributed by atoms with van der Waals surface area (Å²) in [7, 11) is 4.66. The van der Waals surface area contributed by atoms with E-state index in [0.717, 1.165) is 55.8 Å². The lowest BCUT2D eigenvalue weighted by Crippen LogP contribution is -2.17. The van der Waals surface area contributed by atoms with Crippen molar-refractivity contribution in [1.29, 1.82) is 0 Å². The lowest BCUT2D eigenvalue weighted by Gasteiger charge is -2.13. The van der Waals surface area contributed by atoms with E-state index >= 15 is 0 Å². The van der Waals surface area contributed by atoms with Gasteiger partial charge in [0.25, 0.3) is 0 Å². The first-order chi connectivity index (χ1) is 44.3. The van der Waals surface area contributed by atoms with Crippen molar-refractivity contribution < 1.29 is 113 Å². The van der Waals surface area contributed by atoms with Gasteiger partial charge in [0.15, 0.2) is 0 Å². The summed E-state index contributed by atoms with van der Waals surface area (Å²) >= 11 is 0. The zero-order valence-corrected chi connectivity index (χ0v) is 67.0. The minimum Gasteiger partial charge on any atom is -0.463 e. The van der Waals surface area contributed by atoms with Crippen LogP contribution < -0.4 is 0 Å². The number of hydrogen-bond acceptors (Lipinski definition) is 23. The smallest absolute Gasteiger partial charge is 0.330 e. The van der Waals surface area contributed by atoms with Gasteiger partial charge in [0.1, 0.15) is 0 Å². The van der Waals surface area contributed by atoms with Crippen LogP contribution in [-0.4, -0.2) is 159 Å². The molecule has 0 bridgehead atoms. The first kappa shape index (κ1) is 114. The fourth-order valence-electron chi connectivity index (χ4n) is 5.57. The van der Waals surface area contributed by atoms with Gasteiger partial charge in [0, 0.05) is 19.3 Å². The van der Waals surface area contributed by atoms with Crippen molar-refractivity contribution in [2.45, 2.75) is 308 Å². The molecule has 582 valence electrons. The Kier molecular flexibility index (Phi) is 97.0. The van der Waals surface area contributed by atoms with Crippen molar-refractivity contribution in [3.8, 4) is 0 Å². The molecular weight excluding hydrogens is 1240 g/mol. The Bertz CT molecular complexity index is 1540. The van der Waals surface area contributed by atoms with E-state index in [2.05, 4.69) is 128 Å². The Balaban J connectivity index is -0.000000107. The molecule has 96 heavy (non-hydrogen) atoms. The van der Waals surface area contributed by atoms with Gasteiger partial charge >= 0.3 is 29.8 Å². The second kappa shape index (κ2) is 82.0. The van der Waals surface area contributed by atoms with Crippen molar-refractivity contribution in [2.24, 2.45) is 59.2 Å². The summed E-state index contributed by atoms with van der Waals surface area (Å²) in [5, 5.41) is 41.5. The van der Waals surface area contributed by atoms with E-state index in [4.69, 9.17) is 64.2 Å². The Morgan fingerprint density at radius 3 is 0.688 bits per heavy atom. The van der Waals surface area contributed by atoms with Crippen molar-refractivity contribution >= 4 is 29.8 Å². The number of rotatable bonds is 36. The molecule has 0 amide bonds. The van der Waals surface area contributed by atoms with Gasteiger partial charge < -0.3 is 38.6 Å². The maximum Gasteiger partial charge on any atom is 0.330 e. The number of esters is 5. The zero-order valence-electron chi connectivity index (χ0n) is 67.0. The Labute approximate surface area is 586 Å². The van der Waals surface area contributed by atoms with Gasteiger partial charge in [0.05, 0.1) is 115 Å². The van der Waals surface area contributed by atoms with Crippen LogP contribution in [0, 0.1) is 59.2 Å². The molecule has 0 saturated carbocycles. The van der Waals surface area contributed by atoms with Crippen molar-refractivity contribution in [3.05, 3.63) is 24.3 Å². The molecule has 0 aromatic heterocycles. The largest absolute Gasteiger partial charge is 0.463 e. The average Bonchev–Trinajstić information content (AvgIpc) is 3.67. The maximum absolute atomic E-state index is 10.9. The molecule has 0 heterocycles. The lowest BCUT2D eigenvalue weighted by molar-refractivity contribution is -0.274. The quantitative estimate of drug-likeness (QED) is 0.00972. The summed E-state index contributed by atoms with van der Waals surface area (Å²) in [6.45, 7) is 62.2. The summed E-state index contributed by atoms with van der Waals surface area (Å²) in [4.78, 5) is 83.7. The Morgan fingerprint density at radius 2 is 0.531 bits per heavy atom. The fraction of sp³-hybridized carbons (Fsp3) is 0.877. The number of ether oxygens (including phenoxy) is 6. The maximum atomic E-state index is 10.9. The number of aliphatic hydroxyl groups excluding tert-OH is 2. The standard InChI is InChI=1S/C8H16O3.2C8H18O2.2C7H14O3.3C7H16O2.2C7H12O2/c1-6(2)11-8(9)5-7(3)10-4;2*1-7(2)8(3)5-6-10-9-4;2*1-5(2)10-7(9)4-6(3)8;3*1-6(2)7(3)4-5-9-8;2*1-4-5-7(8)9-6(2)3/h6-7H,5H2,1-4H3;2*7-8H,5-6H2,1-4H3;2*5-6,8H,4H2,1-3H3;3*6-8H,4-5H2,1-3H3;2*4-6H,1-3H3/b;;;;;;;;2*5-4+. The second-order valence-corrected chi connectivity index (χ2v) is 26.5. The third kappa shape index (κ3) is 117. The summed E-state index contributed by atoms with van der Waals surface area (Å²) < 4.78 is 28.9. The minimum absolute atomic E-state index is 0.0197. The van der Waals surface area contributed by atoms with Crippen LogP contribution in [-0.2, 0) is 86.6 Å². The SMILES string of the molecule is C/C=C/C(=O)OC(C)C.C/C=C/C(=O)OC(C)C.CC(C)C(C)CCOO.CC(C)C(C)CCOO.CC(C)C(C)CCOO.CC(O)CC(=O)OC(C)C.CC(O)CC(=O)OC(C)C.COC(C)CC(=O)OC(C)C.COOCCC(C)C(C)C.COOCCC(C)C(C)C. The predicted octanol–water partition coefficient (Wildman–Crippen LogP) is 16.8. The number of hydrogen-bond donors (Lipinski definition) is 5. The second-order valence-electron chi connectivity index (χ2n) is 26.5. The molecule has 0 aliphatic rings. The molecule has 0 rings (SSSR count). The normalized spacial score (nSPS) is 13.2. The number of aliphatic hydroxyl groups is 2. The predicted molar refractivity (Wildman–Crippen MR) is 384 cm³/mol. The summed E-state index contributed by atoms with van der Waals surface area (Å²) in [6, 6.07) is 0. The van der Waals surface area contributed by atoms with Gasteiger partial charge in [-0.05, 0) is 195 Å². The van der Waals surface area contributed by atoms with Crippen molar-refractivity contribution in [3.63, 3.8) is 0 Å². The van der Waals surface area contributed by atoms with Gasteiger partial charge in [-0.25, -0.2) is 43.8 Å². The molecule has 23 heteroatoms. The molecule has 0 aromatic carbocycles. The van der Waals surface area contributed by atoms with Gasteiger partial charge in [-0.2, -0.15) is 0 Å². The van der Waals surface area contributed by atoms with Gasteiger partial charge in [-0.15, -0.1) is 0 Å². The van der Waals surface area contributed by atoms with E-state index in [1.165, 1.54) is 12.2 Å². The highest BCUT2D eigenvalue weighted by molar-refractivity contribution is 5.82. The molecule has 8 atom stereocenters. The molecule has 5 N–H and O–H groups in total. The monoisotopic (exact) mass is 1400 g/mol. The van der Waals surface area contributed by atoms with Crippen LogP contribution in [0.2, 0.25) is 0 Å². The van der Waals surface area contributed by atoms with E-state index in [9.17, 15) is 24.0 Å².